The van der Waals surface area contributed by atoms with Gasteiger partial charge in [0.05, 0.1) is 6.20 Å². The molecule has 32 heavy (non-hydrogen) atoms. The van der Waals surface area contributed by atoms with Crippen molar-refractivity contribution in [2.75, 3.05) is 6.54 Å². The number of rotatable bonds is 7. The molecule has 0 radical (unpaired) electrons. The first-order valence-corrected chi connectivity index (χ1v) is 9.74. The summed E-state index contributed by atoms with van der Waals surface area (Å²) >= 11 is 0. The number of carboxylic acids is 1. The molecule has 3 N–H and O–H groups in total. The molecule has 9 nitrogen and oxygen atoms in total. The molecule has 2 aromatic carbocycles. The predicted octanol–water partition coefficient (Wildman–Crippen LogP) is 2.50. The smallest absolute Gasteiger partial charge is 0.322 e. The number of nitrogens with zero attached hydrogens (tertiary/aromatic N) is 4. The lowest BCUT2D eigenvalue weighted by Crippen LogP contribution is -2.29. The number of carboxylic acid groups (broad SMARTS) is 1. The third kappa shape index (κ3) is 4.46. The maximum Gasteiger partial charge on any atom is 0.322 e. The third-order valence-corrected chi connectivity index (χ3v) is 4.78. The maximum atomic E-state index is 12.0. The quantitative estimate of drug-likeness (QED) is 0.411. The number of carbonyl (C=O) groups excluding carboxylic acids is 1. The molecule has 4 rings (SSSR count). The van der Waals surface area contributed by atoms with Gasteiger partial charge in [-0.25, -0.2) is 9.67 Å². The molecule has 0 fully saturated rings. The van der Waals surface area contributed by atoms with Crippen molar-refractivity contribution in [1.82, 2.24) is 25.3 Å². The molecular formula is C23H19N5O4. The van der Waals surface area contributed by atoms with Crippen molar-refractivity contribution in [3.05, 3.63) is 95.9 Å². The van der Waals surface area contributed by atoms with Gasteiger partial charge in [-0.1, -0.05) is 65.9 Å². The van der Waals surface area contributed by atoms with E-state index in [1.807, 2.05) is 60.7 Å². The zero-order valence-corrected chi connectivity index (χ0v) is 16.8. The lowest BCUT2D eigenvalue weighted by Gasteiger charge is -2.17. The van der Waals surface area contributed by atoms with Crippen molar-refractivity contribution in [2.24, 2.45) is 0 Å². The molecule has 0 aliphatic heterocycles. The first-order valence-electron chi connectivity index (χ1n) is 9.74. The Morgan fingerprint density at radius 2 is 1.62 bits per heavy atom. The SMILES string of the molecule is O=C(O)CNC(=O)c1ncc(-c2cn(C(c3ccccc3)c3ccccc3)nn2)cc1O. The van der Waals surface area contributed by atoms with Crippen LogP contribution in [-0.2, 0) is 4.79 Å². The summed E-state index contributed by atoms with van der Waals surface area (Å²) in [5.74, 6) is -2.37. The molecule has 0 bridgehead atoms. The van der Waals surface area contributed by atoms with Gasteiger partial charge in [-0.2, -0.15) is 0 Å². The summed E-state index contributed by atoms with van der Waals surface area (Å²) in [6.07, 6.45) is 3.12. The summed E-state index contributed by atoms with van der Waals surface area (Å²) in [6, 6.07) is 20.9. The zero-order chi connectivity index (χ0) is 22.5. The van der Waals surface area contributed by atoms with Gasteiger partial charge in [-0.05, 0) is 17.2 Å². The number of aromatic hydroxyl groups is 1. The van der Waals surface area contributed by atoms with Crippen molar-refractivity contribution in [3.63, 3.8) is 0 Å². The molecule has 0 atom stereocenters. The lowest BCUT2D eigenvalue weighted by molar-refractivity contribution is -0.135. The van der Waals surface area contributed by atoms with E-state index in [0.29, 0.717) is 11.3 Å². The molecule has 160 valence electrons. The molecule has 0 saturated heterocycles. The molecule has 0 spiro atoms. The molecule has 2 heterocycles. The number of aromatic nitrogens is 4. The topological polar surface area (TPSA) is 130 Å². The second-order valence-electron chi connectivity index (χ2n) is 6.98. The highest BCUT2D eigenvalue weighted by molar-refractivity contribution is 5.96. The van der Waals surface area contributed by atoms with E-state index in [9.17, 15) is 14.7 Å². The average molecular weight is 429 g/mol. The van der Waals surface area contributed by atoms with Crippen LogP contribution in [0, 0.1) is 0 Å². The minimum Gasteiger partial charge on any atom is -0.505 e. The van der Waals surface area contributed by atoms with Crippen LogP contribution < -0.4 is 5.32 Å². The van der Waals surface area contributed by atoms with Crippen LogP contribution in [0.3, 0.4) is 0 Å². The molecule has 0 aliphatic rings. The van der Waals surface area contributed by atoms with Gasteiger partial charge < -0.3 is 15.5 Å². The largest absolute Gasteiger partial charge is 0.505 e. The predicted molar refractivity (Wildman–Crippen MR) is 115 cm³/mol. The molecule has 2 aromatic heterocycles. The minimum atomic E-state index is -1.20. The maximum absolute atomic E-state index is 12.0. The van der Waals surface area contributed by atoms with Crippen molar-refractivity contribution >= 4 is 11.9 Å². The molecular weight excluding hydrogens is 410 g/mol. The second-order valence-corrected chi connectivity index (χ2v) is 6.98. The number of amides is 1. The van der Waals surface area contributed by atoms with Crippen molar-refractivity contribution in [1.29, 1.82) is 0 Å². The Hall–Kier alpha value is -4.53. The van der Waals surface area contributed by atoms with E-state index in [1.54, 1.807) is 10.9 Å². The van der Waals surface area contributed by atoms with Gasteiger partial charge in [0.2, 0.25) is 0 Å². The number of hydrogen-bond donors (Lipinski definition) is 3. The van der Waals surface area contributed by atoms with Crippen LogP contribution >= 0.6 is 0 Å². The molecule has 1 amide bonds. The summed E-state index contributed by atoms with van der Waals surface area (Å²) < 4.78 is 1.73. The van der Waals surface area contributed by atoms with Gasteiger partial charge in [0.1, 0.15) is 24.0 Å². The first kappa shape index (κ1) is 20.7. The number of pyridine rings is 1. The van der Waals surface area contributed by atoms with Crippen LogP contribution in [0.15, 0.2) is 79.1 Å². The molecule has 0 unspecified atom stereocenters. The highest BCUT2D eigenvalue weighted by atomic mass is 16.4. The van der Waals surface area contributed by atoms with E-state index in [2.05, 4.69) is 20.6 Å². The fourth-order valence-corrected chi connectivity index (χ4v) is 3.31. The Morgan fingerprint density at radius 3 is 2.19 bits per heavy atom. The van der Waals surface area contributed by atoms with Crippen molar-refractivity contribution in [3.8, 4) is 17.0 Å². The van der Waals surface area contributed by atoms with Gasteiger partial charge >= 0.3 is 5.97 Å². The van der Waals surface area contributed by atoms with Gasteiger partial charge in [-0.3, -0.25) is 9.59 Å². The standard InChI is InChI=1S/C23H19N5O4/c29-19-11-17(12-24-21(19)23(32)25-13-20(30)31)18-14-28(27-26-18)22(15-7-3-1-4-8-15)16-9-5-2-6-10-16/h1-12,14,22,29H,13H2,(H,25,32)(H,30,31). The van der Waals surface area contributed by atoms with E-state index >= 15 is 0 Å². The van der Waals surface area contributed by atoms with Crippen molar-refractivity contribution < 1.29 is 19.8 Å². The third-order valence-electron chi connectivity index (χ3n) is 4.78. The van der Waals surface area contributed by atoms with Crippen LogP contribution in [0.4, 0.5) is 0 Å². The Kier molecular flexibility index (Phi) is 5.89. The van der Waals surface area contributed by atoms with Crippen LogP contribution in [0.2, 0.25) is 0 Å². The molecule has 0 saturated carbocycles. The highest BCUT2D eigenvalue weighted by Crippen LogP contribution is 2.28. The molecule has 0 aliphatic carbocycles. The van der Waals surface area contributed by atoms with E-state index in [4.69, 9.17) is 5.11 Å². The summed E-state index contributed by atoms with van der Waals surface area (Å²) in [4.78, 5) is 26.6. The van der Waals surface area contributed by atoms with Crippen LogP contribution in [-0.4, -0.2) is 48.6 Å². The fourth-order valence-electron chi connectivity index (χ4n) is 3.31. The first-order chi connectivity index (χ1) is 15.5. The van der Waals surface area contributed by atoms with Gasteiger partial charge in [0, 0.05) is 11.8 Å². The van der Waals surface area contributed by atoms with Crippen LogP contribution in [0.25, 0.3) is 11.3 Å². The van der Waals surface area contributed by atoms with Crippen LogP contribution in [0.5, 0.6) is 5.75 Å². The van der Waals surface area contributed by atoms with E-state index in [1.165, 1.54) is 12.3 Å². The Labute approximate surface area is 183 Å². The van der Waals surface area contributed by atoms with Crippen molar-refractivity contribution in [2.45, 2.75) is 6.04 Å². The van der Waals surface area contributed by atoms with Crippen LogP contribution in [0.1, 0.15) is 27.7 Å². The number of nitrogens with one attached hydrogen (secondary N) is 1. The summed E-state index contributed by atoms with van der Waals surface area (Å²) in [5.41, 5.74) is 2.71. The van der Waals surface area contributed by atoms with E-state index in [0.717, 1.165) is 11.1 Å². The van der Waals surface area contributed by atoms with Gasteiger partial charge in [-0.15, -0.1) is 5.10 Å². The Balaban J connectivity index is 1.64. The summed E-state index contributed by atoms with van der Waals surface area (Å²) in [7, 11) is 0. The van der Waals surface area contributed by atoms with Gasteiger partial charge in [0.25, 0.3) is 5.91 Å². The Bertz CT molecular complexity index is 1200. The summed E-state index contributed by atoms with van der Waals surface area (Å²) in [5, 5.41) is 29.6. The number of hydrogen-bond acceptors (Lipinski definition) is 6. The minimum absolute atomic E-state index is 0.207. The zero-order valence-electron chi connectivity index (χ0n) is 16.8. The highest BCUT2D eigenvalue weighted by Gasteiger charge is 2.20. The molecule has 9 heteroatoms. The molecule has 4 aromatic rings. The number of benzene rings is 2. The number of aliphatic carboxylic acids is 1. The van der Waals surface area contributed by atoms with Gasteiger partial charge in [0.15, 0.2) is 5.69 Å². The average Bonchev–Trinajstić information content (AvgIpc) is 3.29. The monoisotopic (exact) mass is 429 g/mol. The van der Waals surface area contributed by atoms with E-state index < -0.39 is 18.4 Å². The lowest BCUT2D eigenvalue weighted by atomic mass is 9.99. The fraction of sp³-hybridized carbons (Fsp3) is 0.0870. The summed E-state index contributed by atoms with van der Waals surface area (Å²) in [6.45, 7) is -0.573. The van der Waals surface area contributed by atoms with E-state index in [-0.39, 0.29) is 17.5 Å². The number of carbonyl (C=O) groups is 2. The Morgan fingerprint density at radius 1 is 1.00 bits per heavy atom. The normalized spacial score (nSPS) is 10.8. The second kappa shape index (κ2) is 9.09.